The molecule has 1 rings (SSSR count). The Labute approximate surface area is 110 Å². The number of rotatable bonds is 5. The first-order valence-corrected chi connectivity index (χ1v) is 6.97. The first-order valence-electron chi connectivity index (χ1n) is 6.97. The average Bonchev–Trinajstić information content (AvgIpc) is 2.66. The summed E-state index contributed by atoms with van der Waals surface area (Å²) in [6.07, 6.45) is 7.99. The molecule has 0 spiro atoms. The van der Waals surface area contributed by atoms with Crippen LogP contribution in [0.1, 0.15) is 51.4 Å². The van der Waals surface area contributed by atoms with E-state index in [-0.39, 0.29) is 17.8 Å². The van der Waals surface area contributed by atoms with Crippen molar-refractivity contribution in [2.24, 2.45) is 5.92 Å². The van der Waals surface area contributed by atoms with Crippen LogP contribution in [0.4, 0.5) is 0 Å². The molecule has 1 fully saturated rings. The zero-order valence-corrected chi connectivity index (χ0v) is 11.6. The number of carbonyl (C=O) groups is 2. The van der Waals surface area contributed by atoms with Gasteiger partial charge in [-0.2, -0.15) is 0 Å². The third kappa shape index (κ3) is 5.07. The van der Waals surface area contributed by atoms with Crippen LogP contribution in [-0.4, -0.2) is 37.5 Å². The Hall–Kier alpha value is -1.06. The van der Waals surface area contributed by atoms with E-state index in [1.54, 1.807) is 4.90 Å². The molecule has 0 unspecified atom stereocenters. The van der Waals surface area contributed by atoms with Gasteiger partial charge in [0.15, 0.2) is 0 Å². The predicted molar refractivity (Wildman–Crippen MR) is 70.1 cm³/mol. The molecule has 0 radical (unpaired) electrons. The lowest BCUT2D eigenvalue weighted by molar-refractivity contribution is -0.141. The molecular formula is C14H25NO3. The fraction of sp³-hybridized carbons (Fsp3) is 0.857. The first kappa shape index (κ1) is 15.0. The molecule has 1 amide bonds. The van der Waals surface area contributed by atoms with E-state index in [9.17, 15) is 9.59 Å². The lowest BCUT2D eigenvalue weighted by Gasteiger charge is -2.22. The highest BCUT2D eigenvalue weighted by atomic mass is 16.5. The summed E-state index contributed by atoms with van der Waals surface area (Å²) >= 11 is 0. The van der Waals surface area contributed by atoms with Crippen LogP contribution in [-0.2, 0) is 14.3 Å². The van der Waals surface area contributed by atoms with Gasteiger partial charge in [0.05, 0.1) is 7.11 Å². The SMILES string of the molecule is COC(=O)CCCN(C)C(=O)C1CCCCCC1. The molecule has 0 aliphatic heterocycles. The molecule has 0 heterocycles. The fourth-order valence-corrected chi connectivity index (χ4v) is 2.51. The number of carbonyl (C=O) groups excluding carboxylic acids is 2. The molecule has 4 nitrogen and oxygen atoms in total. The van der Waals surface area contributed by atoms with Crippen LogP contribution in [0, 0.1) is 5.92 Å². The minimum Gasteiger partial charge on any atom is -0.469 e. The summed E-state index contributed by atoms with van der Waals surface area (Å²) in [5.74, 6) is 0.253. The van der Waals surface area contributed by atoms with Gasteiger partial charge in [0.1, 0.15) is 0 Å². The smallest absolute Gasteiger partial charge is 0.305 e. The number of esters is 1. The van der Waals surface area contributed by atoms with Crippen LogP contribution in [0.5, 0.6) is 0 Å². The number of ether oxygens (including phenoxy) is 1. The molecular weight excluding hydrogens is 230 g/mol. The number of hydrogen-bond donors (Lipinski definition) is 0. The molecule has 18 heavy (non-hydrogen) atoms. The second kappa shape index (κ2) is 8.11. The van der Waals surface area contributed by atoms with Crippen molar-refractivity contribution in [3.63, 3.8) is 0 Å². The monoisotopic (exact) mass is 255 g/mol. The Kier molecular flexibility index (Phi) is 6.76. The Morgan fingerprint density at radius 2 is 1.78 bits per heavy atom. The molecule has 0 atom stereocenters. The summed E-state index contributed by atoms with van der Waals surface area (Å²) < 4.78 is 4.58. The van der Waals surface area contributed by atoms with Crippen LogP contribution in [0.2, 0.25) is 0 Å². The Bertz CT molecular complexity index is 270. The summed E-state index contributed by atoms with van der Waals surface area (Å²) in [5.41, 5.74) is 0. The van der Waals surface area contributed by atoms with Crippen molar-refractivity contribution in [3.05, 3.63) is 0 Å². The summed E-state index contributed by atoms with van der Waals surface area (Å²) in [6.45, 7) is 0.643. The topological polar surface area (TPSA) is 46.6 Å². The van der Waals surface area contributed by atoms with Gasteiger partial charge in [-0.1, -0.05) is 25.7 Å². The summed E-state index contributed by atoms with van der Waals surface area (Å²) in [4.78, 5) is 25.0. The van der Waals surface area contributed by atoms with Gasteiger partial charge in [-0.15, -0.1) is 0 Å². The molecule has 0 bridgehead atoms. The van der Waals surface area contributed by atoms with E-state index in [0.29, 0.717) is 19.4 Å². The van der Waals surface area contributed by atoms with Crippen LogP contribution >= 0.6 is 0 Å². The zero-order chi connectivity index (χ0) is 13.4. The Balaban J connectivity index is 2.28. The van der Waals surface area contributed by atoms with E-state index in [2.05, 4.69) is 4.74 Å². The normalized spacial score (nSPS) is 17.0. The number of nitrogens with zero attached hydrogens (tertiary/aromatic N) is 1. The number of methoxy groups -OCH3 is 1. The highest BCUT2D eigenvalue weighted by Gasteiger charge is 2.22. The van der Waals surface area contributed by atoms with E-state index < -0.39 is 0 Å². The lowest BCUT2D eigenvalue weighted by Crippen LogP contribution is -2.33. The maximum atomic E-state index is 12.2. The predicted octanol–water partition coefficient (Wildman–Crippen LogP) is 2.37. The molecule has 0 aromatic heterocycles. The summed E-state index contributed by atoms with van der Waals surface area (Å²) in [5, 5.41) is 0. The van der Waals surface area contributed by atoms with Crippen LogP contribution in [0.3, 0.4) is 0 Å². The van der Waals surface area contributed by atoms with Gasteiger partial charge < -0.3 is 9.64 Å². The highest BCUT2D eigenvalue weighted by Crippen LogP contribution is 2.24. The first-order chi connectivity index (χ1) is 8.65. The van der Waals surface area contributed by atoms with Crippen molar-refractivity contribution < 1.29 is 14.3 Å². The minimum absolute atomic E-state index is 0.203. The van der Waals surface area contributed by atoms with E-state index in [0.717, 1.165) is 12.8 Å². The molecule has 4 heteroatoms. The quantitative estimate of drug-likeness (QED) is 0.559. The number of amides is 1. The molecule has 104 valence electrons. The van der Waals surface area contributed by atoms with Crippen molar-refractivity contribution in [1.82, 2.24) is 4.90 Å². The molecule has 0 saturated heterocycles. The lowest BCUT2D eigenvalue weighted by atomic mass is 9.99. The Morgan fingerprint density at radius 3 is 2.33 bits per heavy atom. The molecule has 0 aromatic rings. The van der Waals surface area contributed by atoms with Gasteiger partial charge in [-0.05, 0) is 19.3 Å². The minimum atomic E-state index is -0.203. The molecule has 1 aliphatic rings. The van der Waals surface area contributed by atoms with Gasteiger partial charge in [0, 0.05) is 25.9 Å². The largest absolute Gasteiger partial charge is 0.469 e. The van der Waals surface area contributed by atoms with Crippen molar-refractivity contribution in [2.75, 3.05) is 20.7 Å². The highest BCUT2D eigenvalue weighted by molar-refractivity contribution is 5.78. The van der Waals surface area contributed by atoms with Crippen LogP contribution < -0.4 is 0 Å². The average molecular weight is 255 g/mol. The summed E-state index contributed by atoms with van der Waals surface area (Å²) in [6, 6.07) is 0. The van der Waals surface area contributed by atoms with Gasteiger partial charge in [-0.3, -0.25) is 9.59 Å². The summed E-state index contributed by atoms with van der Waals surface area (Å²) in [7, 11) is 3.23. The van der Waals surface area contributed by atoms with Gasteiger partial charge in [0.2, 0.25) is 5.91 Å². The third-order valence-electron chi connectivity index (χ3n) is 3.68. The maximum Gasteiger partial charge on any atom is 0.305 e. The van der Waals surface area contributed by atoms with Crippen molar-refractivity contribution >= 4 is 11.9 Å². The fourth-order valence-electron chi connectivity index (χ4n) is 2.51. The van der Waals surface area contributed by atoms with E-state index >= 15 is 0 Å². The van der Waals surface area contributed by atoms with Crippen molar-refractivity contribution in [3.8, 4) is 0 Å². The third-order valence-corrected chi connectivity index (χ3v) is 3.68. The van der Waals surface area contributed by atoms with Gasteiger partial charge in [0.25, 0.3) is 0 Å². The molecule has 0 N–H and O–H groups in total. The van der Waals surface area contributed by atoms with E-state index in [1.807, 2.05) is 7.05 Å². The van der Waals surface area contributed by atoms with Gasteiger partial charge in [-0.25, -0.2) is 0 Å². The second-order valence-electron chi connectivity index (χ2n) is 5.13. The van der Waals surface area contributed by atoms with E-state index in [1.165, 1.54) is 32.8 Å². The van der Waals surface area contributed by atoms with Crippen molar-refractivity contribution in [2.45, 2.75) is 51.4 Å². The maximum absolute atomic E-state index is 12.2. The second-order valence-corrected chi connectivity index (χ2v) is 5.13. The van der Waals surface area contributed by atoms with Crippen molar-refractivity contribution in [1.29, 1.82) is 0 Å². The molecule has 1 saturated carbocycles. The van der Waals surface area contributed by atoms with Gasteiger partial charge >= 0.3 is 5.97 Å². The van der Waals surface area contributed by atoms with Crippen LogP contribution in [0.25, 0.3) is 0 Å². The molecule has 1 aliphatic carbocycles. The van der Waals surface area contributed by atoms with E-state index in [4.69, 9.17) is 0 Å². The standard InChI is InChI=1S/C14H25NO3/c1-15(11-7-10-13(16)18-2)14(17)12-8-5-3-4-6-9-12/h12H,3-11H2,1-2H3. The van der Waals surface area contributed by atoms with Crippen LogP contribution in [0.15, 0.2) is 0 Å². The molecule has 0 aromatic carbocycles. The Morgan fingerprint density at radius 1 is 1.17 bits per heavy atom. The number of hydrogen-bond acceptors (Lipinski definition) is 3. The zero-order valence-electron chi connectivity index (χ0n) is 11.6.